The van der Waals surface area contributed by atoms with E-state index in [1.54, 1.807) is 6.07 Å². The van der Waals surface area contributed by atoms with E-state index in [1.807, 2.05) is 18.2 Å². The summed E-state index contributed by atoms with van der Waals surface area (Å²) in [5.41, 5.74) is 6.80. The van der Waals surface area contributed by atoms with Crippen LogP contribution in [0.25, 0.3) is 0 Å². The Morgan fingerprint density at radius 2 is 1.85 bits per heavy atom. The van der Waals surface area contributed by atoms with Crippen molar-refractivity contribution in [2.75, 3.05) is 19.7 Å². The number of rotatable bonds is 12. The second-order valence-corrected chi connectivity index (χ2v) is 6.24. The quantitative estimate of drug-likeness (QED) is 0.339. The molecule has 0 unspecified atom stereocenters. The van der Waals surface area contributed by atoms with Gasteiger partial charge >= 0.3 is 5.69 Å². The van der Waals surface area contributed by atoms with E-state index >= 15 is 0 Å². The van der Waals surface area contributed by atoms with Gasteiger partial charge in [0.05, 0.1) is 11.3 Å². The van der Waals surface area contributed by atoms with E-state index in [-0.39, 0.29) is 17.9 Å². The number of unbranched alkanes of at least 4 members (excludes halogenated alkanes) is 1. The molecule has 1 amide bonds. The van der Waals surface area contributed by atoms with Gasteiger partial charge in [-0.05, 0) is 43.0 Å². The number of nitrogens with zero attached hydrogens (tertiary/aromatic N) is 1. The van der Waals surface area contributed by atoms with Crippen molar-refractivity contribution in [1.82, 2.24) is 5.32 Å². The molecule has 0 spiro atoms. The maximum Gasteiger partial charge on any atom is 0.311 e. The van der Waals surface area contributed by atoms with Gasteiger partial charge in [0.1, 0.15) is 6.61 Å². The highest BCUT2D eigenvalue weighted by molar-refractivity contribution is 5.77. The lowest BCUT2D eigenvalue weighted by Gasteiger charge is -2.09. The number of hydrogen-bond acceptors (Lipinski definition) is 5. The van der Waals surface area contributed by atoms with Gasteiger partial charge in [0.2, 0.25) is 5.91 Å². The monoisotopic (exact) mass is 371 g/mol. The Balaban J connectivity index is 1.67. The first kappa shape index (κ1) is 20.4. The summed E-state index contributed by atoms with van der Waals surface area (Å²) in [6, 6.07) is 14.8. The van der Waals surface area contributed by atoms with Crippen LogP contribution in [0.1, 0.15) is 24.0 Å². The normalized spacial score (nSPS) is 10.5. The van der Waals surface area contributed by atoms with E-state index in [9.17, 15) is 14.9 Å². The number of nitro groups is 1. The van der Waals surface area contributed by atoms with Crippen molar-refractivity contribution in [2.45, 2.75) is 25.7 Å². The van der Waals surface area contributed by atoms with E-state index in [0.717, 1.165) is 25.8 Å². The van der Waals surface area contributed by atoms with Gasteiger partial charge in [-0.3, -0.25) is 14.9 Å². The van der Waals surface area contributed by atoms with Crippen LogP contribution in [-0.2, 0) is 17.6 Å². The third kappa shape index (κ3) is 7.45. The maximum atomic E-state index is 11.2. The van der Waals surface area contributed by atoms with Crippen LogP contribution >= 0.6 is 0 Å². The second kappa shape index (κ2) is 10.9. The molecular weight excluding hydrogens is 346 g/mol. The van der Waals surface area contributed by atoms with Crippen LogP contribution in [0, 0.1) is 10.1 Å². The lowest BCUT2D eigenvalue weighted by atomic mass is 10.1. The molecule has 144 valence electrons. The topological polar surface area (TPSA) is 107 Å². The van der Waals surface area contributed by atoms with Gasteiger partial charge in [-0.2, -0.15) is 0 Å². The van der Waals surface area contributed by atoms with Crippen LogP contribution < -0.4 is 15.8 Å². The molecule has 7 nitrogen and oxygen atoms in total. The number of carbonyl (C=O) groups excluding carboxylic acids is 1. The number of nitrogens with two attached hydrogens (primary N) is 1. The van der Waals surface area contributed by atoms with Crippen LogP contribution in [-0.4, -0.2) is 30.5 Å². The molecule has 0 saturated heterocycles. The third-order valence-corrected chi connectivity index (χ3v) is 4.05. The Labute approximate surface area is 158 Å². The summed E-state index contributed by atoms with van der Waals surface area (Å²) in [7, 11) is 0. The molecule has 0 aliphatic carbocycles. The Morgan fingerprint density at radius 1 is 1.07 bits per heavy atom. The molecule has 0 aliphatic rings. The van der Waals surface area contributed by atoms with E-state index in [0.29, 0.717) is 18.7 Å². The molecule has 27 heavy (non-hydrogen) atoms. The summed E-state index contributed by atoms with van der Waals surface area (Å²) >= 11 is 0. The van der Waals surface area contributed by atoms with Gasteiger partial charge in [-0.25, -0.2) is 0 Å². The van der Waals surface area contributed by atoms with Crippen molar-refractivity contribution < 1.29 is 14.5 Å². The number of nitro benzene ring substituents is 1. The number of hydrogen-bond donors (Lipinski definition) is 2. The second-order valence-electron chi connectivity index (χ2n) is 6.24. The average Bonchev–Trinajstić information content (AvgIpc) is 2.65. The molecule has 2 aromatic carbocycles. The minimum absolute atomic E-state index is 0.0361. The zero-order valence-electron chi connectivity index (χ0n) is 15.2. The minimum Gasteiger partial charge on any atom is -0.485 e. The van der Waals surface area contributed by atoms with E-state index in [1.165, 1.54) is 17.7 Å². The smallest absolute Gasteiger partial charge is 0.311 e. The highest BCUT2D eigenvalue weighted by Crippen LogP contribution is 2.28. The van der Waals surface area contributed by atoms with Crippen LogP contribution in [0.5, 0.6) is 5.75 Å². The number of ether oxygens (including phenoxy) is 1. The maximum absolute atomic E-state index is 11.2. The third-order valence-electron chi connectivity index (χ3n) is 4.05. The molecule has 0 aromatic heterocycles. The van der Waals surface area contributed by atoms with Crippen molar-refractivity contribution in [2.24, 2.45) is 5.73 Å². The zero-order chi connectivity index (χ0) is 19.5. The van der Waals surface area contributed by atoms with Gasteiger partial charge in [0.15, 0.2) is 5.75 Å². The van der Waals surface area contributed by atoms with Gasteiger partial charge in [0.25, 0.3) is 0 Å². The SMILES string of the molecule is NC(=O)Cc1ccc(OCCNCCCCc2ccccc2)c([N+](=O)[O-])c1. The van der Waals surface area contributed by atoms with Crippen LogP contribution in [0.15, 0.2) is 48.5 Å². The fourth-order valence-corrected chi connectivity index (χ4v) is 2.72. The highest BCUT2D eigenvalue weighted by Gasteiger charge is 2.16. The molecule has 2 aromatic rings. The molecule has 0 radical (unpaired) electrons. The molecule has 0 aliphatic heterocycles. The fraction of sp³-hybridized carbons (Fsp3) is 0.350. The average molecular weight is 371 g/mol. The predicted molar refractivity (Wildman–Crippen MR) is 104 cm³/mol. The Bertz CT molecular complexity index is 750. The van der Waals surface area contributed by atoms with Gasteiger partial charge < -0.3 is 15.8 Å². The van der Waals surface area contributed by atoms with Crippen molar-refractivity contribution in [3.05, 3.63) is 69.8 Å². The fourth-order valence-electron chi connectivity index (χ4n) is 2.72. The number of carbonyl (C=O) groups is 1. The first-order chi connectivity index (χ1) is 13.1. The van der Waals surface area contributed by atoms with Gasteiger partial charge in [-0.1, -0.05) is 36.4 Å². The van der Waals surface area contributed by atoms with E-state index in [2.05, 4.69) is 17.4 Å². The molecular formula is C20H25N3O4. The van der Waals surface area contributed by atoms with E-state index in [4.69, 9.17) is 10.5 Å². The Hall–Kier alpha value is -2.93. The molecule has 0 fully saturated rings. The van der Waals surface area contributed by atoms with Gasteiger partial charge in [-0.15, -0.1) is 0 Å². The lowest BCUT2D eigenvalue weighted by molar-refractivity contribution is -0.385. The van der Waals surface area contributed by atoms with Crippen LogP contribution in [0.2, 0.25) is 0 Å². The standard InChI is InChI=1S/C20H25N3O4/c21-20(24)15-17-9-10-19(18(14-17)23(25)26)27-13-12-22-11-5-4-8-16-6-2-1-3-7-16/h1-3,6-7,9-10,14,22H,4-5,8,11-13,15H2,(H2,21,24). The molecule has 0 heterocycles. The molecule has 3 N–H and O–H groups in total. The van der Waals surface area contributed by atoms with Crippen molar-refractivity contribution in [3.8, 4) is 5.75 Å². The van der Waals surface area contributed by atoms with Crippen molar-refractivity contribution in [1.29, 1.82) is 0 Å². The zero-order valence-corrected chi connectivity index (χ0v) is 15.2. The van der Waals surface area contributed by atoms with Crippen LogP contribution in [0.4, 0.5) is 5.69 Å². The molecule has 0 saturated carbocycles. The Morgan fingerprint density at radius 3 is 2.56 bits per heavy atom. The van der Waals surface area contributed by atoms with Gasteiger partial charge in [0, 0.05) is 12.6 Å². The molecule has 0 atom stereocenters. The number of aryl methyl sites for hydroxylation is 1. The first-order valence-electron chi connectivity index (χ1n) is 8.99. The van der Waals surface area contributed by atoms with E-state index < -0.39 is 10.8 Å². The molecule has 0 bridgehead atoms. The number of benzene rings is 2. The number of nitrogens with one attached hydrogen (secondary N) is 1. The first-order valence-corrected chi connectivity index (χ1v) is 8.99. The lowest BCUT2D eigenvalue weighted by Crippen LogP contribution is -2.22. The summed E-state index contributed by atoms with van der Waals surface area (Å²) in [4.78, 5) is 21.6. The summed E-state index contributed by atoms with van der Waals surface area (Å²) < 4.78 is 5.51. The Kier molecular flexibility index (Phi) is 8.25. The van der Waals surface area contributed by atoms with Crippen molar-refractivity contribution >= 4 is 11.6 Å². The number of primary amides is 1. The summed E-state index contributed by atoms with van der Waals surface area (Å²) in [6.07, 6.45) is 3.18. The highest BCUT2D eigenvalue weighted by atomic mass is 16.6. The predicted octanol–water partition coefficient (Wildman–Crippen LogP) is 2.61. The van der Waals surface area contributed by atoms with Crippen LogP contribution in [0.3, 0.4) is 0 Å². The number of amides is 1. The summed E-state index contributed by atoms with van der Waals surface area (Å²) in [5, 5.41) is 14.4. The van der Waals surface area contributed by atoms with Crippen molar-refractivity contribution in [3.63, 3.8) is 0 Å². The molecule has 2 rings (SSSR count). The summed E-state index contributed by atoms with van der Waals surface area (Å²) in [5.74, 6) is -0.339. The summed E-state index contributed by atoms with van der Waals surface area (Å²) in [6.45, 7) is 1.80. The largest absolute Gasteiger partial charge is 0.485 e. The molecule has 7 heteroatoms. The minimum atomic E-state index is -0.533.